The molecular formula is C15H16Cl2N2O3. The van der Waals surface area contributed by atoms with Gasteiger partial charge in [-0.15, -0.1) is 0 Å². The molecule has 0 saturated heterocycles. The summed E-state index contributed by atoms with van der Waals surface area (Å²) in [4.78, 5) is 12.2. The Bertz CT molecular complexity index is 660. The van der Waals surface area contributed by atoms with E-state index in [0.717, 1.165) is 5.56 Å². The van der Waals surface area contributed by atoms with Crippen LogP contribution in [0.5, 0.6) is 0 Å². The second-order valence-corrected chi connectivity index (χ2v) is 5.95. The predicted octanol–water partition coefficient (Wildman–Crippen LogP) is 3.51. The van der Waals surface area contributed by atoms with E-state index in [4.69, 9.17) is 27.7 Å². The molecule has 0 radical (unpaired) electrons. The summed E-state index contributed by atoms with van der Waals surface area (Å²) in [5.41, 5.74) is 1.83. The zero-order chi connectivity index (χ0) is 16.4. The van der Waals surface area contributed by atoms with E-state index in [9.17, 15) is 9.90 Å². The number of amides is 1. The van der Waals surface area contributed by atoms with E-state index in [1.54, 1.807) is 20.8 Å². The number of aryl methyl sites for hydroxylation is 2. The van der Waals surface area contributed by atoms with Gasteiger partial charge in [-0.05, 0) is 44.5 Å². The number of aromatic nitrogens is 1. The van der Waals surface area contributed by atoms with Crippen LogP contribution >= 0.6 is 23.2 Å². The summed E-state index contributed by atoms with van der Waals surface area (Å²) >= 11 is 11.8. The standard InChI is InChI=1S/C15H16Cl2N2O3/c1-7(13-8(2)19-22-9(13)3)18-15(21)14(20)10-4-11(16)6-12(17)5-10/h4-7,14,20H,1-3H3,(H,18,21). The molecule has 0 spiro atoms. The smallest absolute Gasteiger partial charge is 0.253 e. The zero-order valence-corrected chi connectivity index (χ0v) is 13.9. The Balaban J connectivity index is 2.14. The maximum atomic E-state index is 12.2. The molecule has 1 heterocycles. The molecule has 0 saturated carbocycles. The lowest BCUT2D eigenvalue weighted by Gasteiger charge is -2.17. The number of hydrogen-bond donors (Lipinski definition) is 2. The summed E-state index contributed by atoms with van der Waals surface area (Å²) in [5.74, 6) is 0.0800. The Morgan fingerprint density at radius 3 is 2.36 bits per heavy atom. The fourth-order valence-corrected chi connectivity index (χ4v) is 2.90. The lowest BCUT2D eigenvalue weighted by atomic mass is 10.1. The van der Waals surface area contributed by atoms with Crippen molar-refractivity contribution in [1.29, 1.82) is 0 Å². The first-order valence-electron chi connectivity index (χ1n) is 6.66. The SMILES string of the molecule is Cc1noc(C)c1C(C)NC(=O)C(O)c1cc(Cl)cc(Cl)c1. The Hall–Kier alpha value is -1.56. The van der Waals surface area contributed by atoms with Crippen molar-refractivity contribution < 1.29 is 14.4 Å². The van der Waals surface area contributed by atoms with Crippen molar-refractivity contribution in [2.75, 3.05) is 0 Å². The number of aliphatic hydroxyl groups is 1. The van der Waals surface area contributed by atoms with Crippen LogP contribution in [-0.4, -0.2) is 16.2 Å². The second-order valence-electron chi connectivity index (χ2n) is 5.07. The summed E-state index contributed by atoms with van der Waals surface area (Å²) < 4.78 is 5.08. The summed E-state index contributed by atoms with van der Waals surface area (Å²) in [5, 5.41) is 17.4. The zero-order valence-electron chi connectivity index (χ0n) is 12.4. The van der Waals surface area contributed by atoms with Gasteiger partial charge in [0.1, 0.15) is 5.76 Å². The number of rotatable bonds is 4. The molecule has 0 fully saturated rings. The van der Waals surface area contributed by atoms with Crippen molar-refractivity contribution in [2.45, 2.75) is 32.9 Å². The third-order valence-electron chi connectivity index (χ3n) is 3.33. The molecular weight excluding hydrogens is 327 g/mol. The van der Waals surface area contributed by atoms with Crippen molar-refractivity contribution in [2.24, 2.45) is 0 Å². The first kappa shape index (κ1) is 16.8. The lowest BCUT2D eigenvalue weighted by molar-refractivity contribution is -0.130. The molecule has 0 bridgehead atoms. The van der Waals surface area contributed by atoms with Gasteiger partial charge in [0.25, 0.3) is 5.91 Å². The quantitative estimate of drug-likeness (QED) is 0.891. The van der Waals surface area contributed by atoms with Crippen molar-refractivity contribution in [3.05, 3.63) is 50.8 Å². The summed E-state index contributed by atoms with van der Waals surface area (Å²) in [6.07, 6.45) is -1.36. The number of benzene rings is 1. The second kappa shape index (κ2) is 6.69. The van der Waals surface area contributed by atoms with Crippen molar-refractivity contribution >= 4 is 29.1 Å². The van der Waals surface area contributed by atoms with E-state index < -0.39 is 12.0 Å². The van der Waals surface area contributed by atoms with Gasteiger partial charge < -0.3 is 14.9 Å². The third kappa shape index (κ3) is 3.61. The number of carbonyl (C=O) groups excluding carboxylic acids is 1. The van der Waals surface area contributed by atoms with Gasteiger partial charge in [0, 0.05) is 15.6 Å². The minimum Gasteiger partial charge on any atom is -0.378 e. The maximum Gasteiger partial charge on any atom is 0.253 e. The molecule has 1 aromatic carbocycles. The van der Waals surface area contributed by atoms with Crippen molar-refractivity contribution in [3.63, 3.8) is 0 Å². The van der Waals surface area contributed by atoms with Crippen LogP contribution in [0.3, 0.4) is 0 Å². The van der Waals surface area contributed by atoms with Gasteiger partial charge in [-0.25, -0.2) is 0 Å². The van der Waals surface area contributed by atoms with Crippen LogP contribution in [0.4, 0.5) is 0 Å². The van der Waals surface area contributed by atoms with Gasteiger partial charge in [0.2, 0.25) is 0 Å². The number of halogens is 2. The van der Waals surface area contributed by atoms with Crippen molar-refractivity contribution in [1.82, 2.24) is 10.5 Å². The predicted molar refractivity (Wildman–Crippen MR) is 84.0 cm³/mol. The summed E-state index contributed by atoms with van der Waals surface area (Å²) in [7, 11) is 0. The highest BCUT2D eigenvalue weighted by molar-refractivity contribution is 6.34. The maximum absolute atomic E-state index is 12.2. The number of hydrogen-bond acceptors (Lipinski definition) is 4. The average Bonchev–Trinajstić information content (AvgIpc) is 2.76. The minimum atomic E-state index is -1.36. The molecule has 2 atom stereocenters. The van der Waals surface area contributed by atoms with Crippen LogP contribution in [0.1, 0.15) is 41.7 Å². The molecule has 1 aromatic heterocycles. The van der Waals surface area contributed by atoms with E-state index in [2.05, 4.69) is 10.5 Å². The van der Waals surface area contributed by atoms with Crippen LogP contribution in [0.25, 0.3) is 0 Å². The van der Waals surface area contributed by atoms with Crippen LogP contribution in [0.2, 0.25) is 10.0 Å². The Morgan fingerprint density at radius 1 is 1.27 bits per heavy atom. The van der Waals surface area contributed by atoms with Crippen LogP contribution in [0, 0.1) is 13.8 Å². The molecule has 2 rings (SSSR count). The highest BCUT2D eigenvalue weighted by Gasteiger charge is 2.23. The van der Waals surface area contributed by atoms with Crippen molar-refractivity contribution in [3.8, 4) is 0 Å². The monoisotopic (exact) mass is 342 g/mol. The van der Waals surface area contributed by atoms with Crippen LogP contribution < -0.4 is 5.32 Å². The molecule has 1 amide bonds. The van der Waals surface area contributed by atoms with E-state index in [-0.39, 0.29) is 6.04 Å². The fourth-order valence-electron chi connectivity index (χ4n) is 2.36. The van der Waals surface area contributed by atoms with Gasteiger partial charge >= 0.3 is 0 Å². The molecule has 7 heteroatoms. The first-order valence-corrected chi connectivity index (χ1v) is 7.42. The topological polar surface area (TPSA) is 75.4 Å². The van der Waals surface area contributed by atoms with E-state index >= 15 is 0 Å². The largest absolute Gasteiger partial charge is 0.378 e. The number of carbonyl (C=O) groups is 1. The fraction of sp³-hybridized carbons (Fsp3) is 0.333. The minimum absolute atomic E-state index is 0.334. The highest BCUT2D eigenvalue weighted by Crippen LogP contribution is 2.25. The lowest BCUT2D eigenvalue weighted by Crippen LogP contribution is -2.32. The molecule has 2 aromatic rings. The number of aliphatic hydroxyl groups excluding tert-OH is 1. The number of nitrogens with one attached hydrogen (secondary N) is 1. The normalized spacial score (nSPS) is 13.7. The molecule has 0 aliphatic carbocycles. The molecule has 0 aliphatic rings. The van der Waals surface area contributed by atoms with E-state index in [1.807, 2.05) is 0 Å². The molecule has 5 nitrogen and oxygen atoms in total. The van der Waals surface area contributed by atoms with Gasteiger partial charge in [0.05, 0.1) is 11.7 Å². The highest BCUT2D eigenvalue weighted by atomic mass is 35.5. The van der Waals surface area contributed by atoms with Gasteiger partial charge in [-0.3, -0.25) is 4.79 Å². The molecule has 118 valence electrons. The third-order valence-corrected chi connectivity index (χ3v) is 3.77. The molecule has 2 N–H and O–H groups in total. The van der Waals surface area contributed by atoms with E-state index in [0.29, 0.717) is 27.1 Å². The molecule has 0 aliphatic heterocycles. The van der Waals surface area contributed by atoms with E-state index in [1.165, 1.54) is 18.2 Å². The van der Waals surface area contributed by atoms with Gasteiger partial charge in [0.15, 0.2) is 6.10 Å². The molecule has 2 unspecified atom stereocenters. The Morgan fingerprint density at radius 2 is 1.86 bits per heavy atom. The Labute approximate surface area is 138 Å². The average molecular weight is 343 g/mol. The van der Waals surface area contributed by atoms with Crippen LogP contribution in [-0.2, 0) is 4.79 Å². The first-order chi connectivity index (χ1) is 10.3. The van der Waals surface area contributed by atoms with Gasteiger partial charge in [-0.2, -0.15) is 0 Å². The Kier molecular flexibility index (Phi) is 5.11. The summed E-state index contributed by atoms with van der Waals surface area (Å²) in [6, 6.07) is 4.18. The van der Waals surface area contributed by atoms with Gasteiger partial charge in [-0.1, -0.05) is 28.4 Å². The molecule has 22 heavy (non-hydrogen) atoms. The summed E-state index contributed by atoms with van der Waals surface area (Å²) in [6.45, 7) is 5.36. The van der Waals surface area contributed by atoms with Crippen LogP contribution in [0.15, 0.2) is 22.7 Å². The number of nitrogens with zero attached hydrogens (tertiary/aromatic N) is 1.